The number of nitrogens with zero attached hydrogens (tertiary/aromatic N) is 3. The number of carbonyl (C=O) groups excluding carboxylic acids is 2. The highest BCUT2D eigenvalue weighted by molar-refractivity contribution is 6.08. The summed E-state index contributed by atoms with van der Waals surface area (Å²) in [4.78, 5) is 31.3. The van der Waals surface area contributed by atoms with Gasteiger partial charge in [0.1, 0.15) is 17.1 Å². The minimum absolute atomic E-state index is 0.0352. The van der Waals surface area contributed by atoms with Gasteiger partial charge in [0.15, 0.2) is 37.9 Å². The number of rotatable bonds is 9. The number of hydrogen-bond donors (Lipinski definition) is 0. The van der Waals surface area contributed by atoms with E-state index in [1.54, 1.807) is 40.0 Å². The molecule has 48 heavy (non-hydrogen) atoms. The van der Waals surface area contributed by atoms with Crippen molar-refractivity contribution in [2.24, 2.45) is 0 Å². The van der Waals surface area contributed by atoms with E-state index in [0.717, 1.165) is 0 Å². The second-order valence-corrected chi connectivity index (χ2v) is 10.4. The summed E-state index contributed by atoms with van der Waals surface area (Å²) < 4.78 is 113. The summed E-state index contributed by atoms with van der Waals surface area (Å²) in [5, 5.41) is 0. The SMILES string of the molecule is COC(=O)c1c(C[n+]2ccccc2)nc(C[n+]2ccccc2)c(C(=O)OC)c1-c1ccccc1OC(F)F.[O-][Cl+3]([O-])([O-])[O-].[O-][Cl+3]([O-])([O-])[O-]. The Hall–Kier alpha value is -4.47. The van der Waals surface area contributed by atoms with Gasteiger partial charge in [0.05, 0.1) is 25.3 Å². The molecule has 4 aromatic rings. The third kappa shape index (κ3) is 13.7. The average molecular weight is 720 g/mol. The van der Waals surface area contributed by atoms with Crippen LogP contribution in [0.5, 0.6) is 5.75 Å². The molecule has 3 heterocycles. The van der Waals surface area contributed by atoms with Crippen molar-refractivity contribution in [2.45, 2.75) is 19.7 Å². The number of ether oxygens (including phenoxy) is 3. The molecule has 258 valence electrons. The third-order valence-corrected chi connectivity index (χ3v) is 5.72. The summed E-state index contributed by atoms with van der Waals surface area (Å²) in [5.74, 6) is -1.81. The van der Waals surface area contributed by atoms with E-state index in [1.807, 2.05) is 36.4 Å². The molecule has 1 aromatic carbocycles. The van der Waals surface area contributed by atoms with E-state index < -0.39 is 39.0 Å². The fourth-order valence-electron chi connectivity index (χ4n) is 4.13. The van der Waals surface area contributed by atoms with Gasteiger partial charge >= 0.3 is 18.6 Å². The molecule has 0 spiro atoms. The Morgan fingerprint density at radius 1 is 0.688 bits per heavy atom. The van der Waals surface area contributed by atoms with Gasteiger partial charge in [0, 0.05) is 35.4 Å². The van der Waals surface area contributed by atoms with Crippen LogP contribution in [0, 0.1) is 20.5 Å². The van der Waals surface area contributed by atoms with Crippen LogP contribution in [0.4, 0.5) is 8.78 Å². The number of methoxy groups -OCH3 is 2. The second-order valence-electron chi connectivity index (χ2n) is 8.84. The molecule has 0 saturated carbocycles. The standard InChI is InChI=1S/C28H25F2N3O5.2ClHO4/c1-36-26(34)24-20(17-32-13-7-3-8-14-32)31-21(18-33-15-9-4-10-16-33)25(27(35)37-2)23(24)19-11-5-6-12-22(19)38-28(29)30;2*2-1(3,4)5/h3-16,28H,17-18H2,1-2H3;2*(H,2,3,4,5)/q+2;;/p-2. The lowest BCUT2D eigenvalue weighted by molar-refractivity contribution is -2.00. The smallest absolute Gasteiger partial charge is 0.387 e. The van der Waals surface area contributed by atoms with Crippen LogP contribution in [0.15, 0.2) is 85.5 Å². The molecule has 0 unspecified atom stereocenters. The normalized spacial score (nSPS) is 11.0. The Morgan fingerprint density at radius 2 is 1.06 bits per heavy atom. The van der Waals surface area contributed by atoms with Crippen LogP contribution in [-0.4, -0.2) is 37.8 Å². The Labute approximate surface area is 275 Å². The van der Waals surface area contributed by atoms with Crippen molar-refractivity contribution in [1.82, 2.24) is 4.98 Å². The Balaban J connectivity index is 0.000000700. The molecule has 0 fully saturated rings. The molecular formula is C28H25Cl2F2N3O13. The molecular weight excluding hydrogens is 695 g/mol. The molecule has 20 heteroatoms. The van der Waals surface area contributed by atoms with Gasteiger partial charge < -0.3 is 14.2 Å². The van der Waals surface area contributed by atoms with Gasteiger partial charge in [0.2, 0.25) is 0 Å². The minimum Gasteiger partial charge on any atom is -0.465 e. The maximum Gasteiger partial charge on any atom is 0.387 e. The fourth-order valence-corrected chi connectivity index (χ4v) is 4.13. The summed E-state index contributed by atoms with van der Waals surface area (Å²) in [5.41, 5.74) is 0.554. The quantitative estimate of drug-likeness (QED) is 0.115. The lowest BCUT2D eigenvalue weighted by atomic mass is 9.91. The van der Waals surface area contributed by atoms with Crippen molar-refractivity contribution in [3.8, 4) is 16.9 Å². The largest absolute Gasteiger partial charge is 0.465 e. The second kappa shape index (κ2) is 18.2. The number of hydrogen-bond acceptors (Lipinski definition) is 14. The highest BCUT2D eigenvalue weighted by atomic mass is 35.7. The number of para-hydroxylation sites is 1. The van der Waals surface area contributed by atoms with Gasteiger partial charge in [-0.2, -0.15) is 17.9 Å². The Bertz CT molecular complexity index is 1540. The summed E-state index contributed by atoms with van der Waals surface area (Å²) in [6.07, 6.45) is 7.15. The first-order chi connectivity index (χ1) is 22.4. The van der Waals surface area contributed by atoms with Gasteiger partial charge in [-0.3, -0.25) is 0 Å². The van der Waals surface area contributed by atoms with Gasteiger partial charge in [-0.15, -0.1) is 20.5 Å². The van der Waals surface area contributed by atoms with E-state index in [2.05, 4.69) is 0 Å². The van der Waals surface area contributed by atoms with Crippen molar-refractivity contribution >= 4 is 11.9 Å². The molecule has 0 amide bonds. The minimum atomic E-state index is -4.94. The first-order valence-corrected chi connectivity index (χ1v) is 15.3. The lowest BCUT2D eigenvalue weighted by Crippen LogP contribution is -2.68. The van der Waals surface area contributed by atoms with Crippen molar-refractivity contribution in [1.29, 1.82) is 0 Å². The number of benzene rings is 1. The number of alkyl halides is 2. The van der Waals surface area contributed by atoms with Crippen LogP contribution < -0.4 is 51.1 Å². The van der Waals surface area contributed by atoms with E-state index in [0.29, 0.717) is 0 Å². The maximum atomic E-state index is 13.4. The van der Waals surface area contributed by atoms with Crippen LogP contribution in [0.25, 0.3) is 11.1 Å². The fraction of sp³-hybridized carbons (Fsp3) is 0.179. The molecule has 0 aliphatic carbocycles. The summed E-state index contributed by atoms with van der Waals surface area (Å²) in [7, 11) is -7.50. The van der Waals surface area contributed by atoms with Gasteiger partial charge in [-0.1, -0.05) is 30.3 Å². The summed E-state index contributed by atoms with van der Waals surface area (Å²) in [6, 6.07) is 16.9. The molecule has 16 nitrogen and oxygen atoms in total. The van der Waals surface area contributed by atoms with E-state index in [1.165, 1.54) is 32.4 Å². The van der Waals surface area contributed by atoms with Gasteiger partial charge in [0.25, 0.3) is 0 Å². The summed E-state index contributed by atoms with van der Waals surface area (Å²) in [6.45, 7) is -2.88. The lowest BCUT2D eigenvalue weighted by Gasteiger charge is -2.19. The molecule has 0 radical (unpaired) electrons. The van der Waals surface area contributed by atoms with Crippen LogP contribution >= 0.6 is 0 Å². The topological polar surface area (TPSA) is 267 Å². The summed E-state index contributed by atoms with van der Waals surface area (Å²) >= 11 is 0. The van der Waals surface area contributed by atoms with E-state index in [-0.39, 0.29) is 52.5 Å². The van der Waals surface area contributed by atoms with Crippen molar-refractivity contribution in [3.63, 3.8) is 0 Å². The molecule has 0 aliphatic rings. The Morgan fingerprint density at radius 3 is 1.42 bits per heavy atom. The predicted octanol–water partition coefficient (Wildman–Crippen LogP) is -5.92. The predicted molar refractivity (Wildman–Crippen MR) is 130 cm³/mol. The van der Waals surface area contributed by atoms with Gasteiger partial charge in [-0.05, 0) is 6.07 Å². The van der Waals surface area contributed by atoms with Gasteiger partial charge in [-0.25, -0.2) is 51.8 Å². The van der Waals surface area contributed by atoms with Crippen LogP contribution in [-0.2, 0) is 22.6 Å². The monoisotopic (exact) mass is 719 g/mol. The molecule has 3 aromatic heterocycles. The zero-order chi connectivity index (χ0) is 36.1. The zero-order valence-corrected chi connectivity index (χ0v) is 26.2. The number of esters is 2. The highest BCUT2D eigenvalue weighted by Gasteiger charge is 2.33. The molecule has 4 rings (SSSR count). The van der Waals surface area contributed by atoms with E-state index in [4.69, 9.17) is 56.5 Å². The number of carbonyl (C=O) groups is 2. The van der Waals surface area contributed by atoms with Crippen molar-refractivity contribution in [3.05, 3.63) is 108 Å². The number of aromatic nitrogens is 3. The maximum absolute atomic E-state index is 13.4. The molecule has 0 bridgehead atoms. The van der Waals surface area contributed by atoms with Crippen molar-refractivity contribution < 1.29 is 99.5 Å². The molecule has 0 aliphatic heterocycles. The molecule has 0 atom stereocenters. The van der Waals surface area contributed by atoms with Crippen molar-refractivity contribution in [2.75, 3.05) is 14.2 Å². The average Bonchev–Trinajstić information content (AvgIpc) is 2.99. The first kappa shape index (κ1) is 39.7. The number of pyridine rings is 3. The Kier molecular flexibility index (Phi) is 15.0. The number of halogens is 4. The van der Waals surface area contributed by atoms with E-state index >= 15 is 0 Å². The molecule has 0 saturated heterocycles. The van der Waals surface area contributed by atoms with Crippen LogP contribution in [0.2, 0.25) is 0 Å². The van der Waals surface area contributed by atoms with Crippen LogP contribution in [0.3, 0.4) is 0 Å². The first-order valence-electron chi connectivity index (χ1n) is 12.8. The zero-order valence-electron chi connectivity index (χ0n) is 24.7. The third-order valence-electron chi connectivity index (χ3n) is 5.72. The van der Waals surface area contributed by atoms with E-state index in [9.17, 15) is 18.4 Å². The van der Waals surface area contributed by atoms with Crippen LogP contribution in [0.1, 0.15) is 32.1 Å². The highest BCUT2D eigenvalue weighted by Crippen LogP contribution is 2.38. The molecule has 0 N–H and O–H groups in total.